The molecule has 0 N–H and O–H groups in total. The Balaban J connectivity index is 2.59. The third kappa shape index (κ3) is 2.27. The van der Waals surface area contributed by atoms with E-state index in [1.807, 2.05) is 0 Å². The van der Waals surface area contributed by atoms with E-state index in [0.29, 0.717) is 5.02 Å². The van der Waals surface area contributed by atoms with Gasteiger partial charge in [0.1, 0.15) is 10.7 Å². The first-order chi connectivity index (χ1) is 7.16. The largest absolute Gasteiger partial charge is 0.256 e. The monoisotopic (exact) mass is 241 g/mol. The average Bonchev–Trinajstić information content (AvgIpc) is 2.18. The number of hydrogen-bond donors (Lipinski definition) is 1. The van der Waals surface area contributed by atoms with Gasteiger partial charge in [0.2, 0.25) is 0 Å². The summed E-state index contributed by atoms with van der Waals surface area (Å²) in [5, 5.41) is 1.37. The number of nitrogens with zero attached hydrogens (tertiary/aromatic N) is 1. The van der Waals surface area contributed by atoms with Crippen LogP contribution in [0, 0.1) is 0 Å². The maximum atomic E-state index is 10.6. The van der Waals surface area contributed by atoms with E-state index in [0.717, 1.165) is 16.5 Å². The van der Waals surface area contributed by atoms with Crippen LogP contribution in [-0.2, 0) is 16.5 Å². The second kappa shape index (κ2) is 4.16. The van der Waals surface area contributed by atoms with Crippen molar-refractivity contribution in [3.63, 3.8) is 0 Å². The molecule has 0 atom stereocenters. The number of pyridine rings is 1. The van der Waals surface area contributed by atoms with Crippen molar-refractivity contribution in [1.82, 2.24) is 4.98 Å². The van der Waals surface area contributed by atoms with Crippen molar-refractivity contribution < 1.29 is 8.42 Å². The fourth-order valence-corrected chi connectivity index (χ4v) is 2.11. The lowest BCUT2D eigenvalue weighted by molar-refractivity contribution is 0.614. The molecule has 5 heteroatoms. The topological polar surface area (TPSA) is 47.0 Å². The zero-order valence-corrected chi connectivity index (χ0v) is 9.33. The Kier molecular flexibility index (Phi) is 2.88. The standard InChI is InChI=1S/C10H8ClNO2S/c11-9-3-4-12-10-2-1-7(5-8(9)10)6-15(13)14/h1-5,15H,6H2. The number of aromatic nitrogens is 1. The van der Waals surface area contributed by atoms with Gasteiger partial charge in [0, 0.05) is 11.6 Å². The highest BCUT2D eigenvalue weighted by Gasteiger charge is 2.01. The predicted molar refractivity (Wildman–Crippen MR) is 60.8 cm³/mol. The molecular weight excluding hydrogens is 234 g/mol. The second-order valence-corrected chi connectivity index (χ2v) is 4.52. The van der Waals surface area contributed by atoms with Crippen LogP contribution in [-0.4, -0.2) is 13.4 Å². The van der Waals surface area contributed by atoms with E-state index in [1.165, 1.54) is 0 Å². The molecule has 15 heavy (non-hydrogen) atoms. The van der Waals surface area contributed by atoms with Gasteiger partial charge in [-0.25, -0.2) is 8.42 Å². The summed E-state index contributed by atoms with van der Waals surface area (Å²) in [5.74, 6) is 0.0382. The van der Waals surface area contributed by atoms with Gasteiger partial charge in [-0.3, -0.25) is 4.98 Å². The van der Waals surface area contributed by atoms with Crippen LogP contribution in [0.15, 0.2) is 30.5 Å². The number of hydrogen-bond acceptors (Lipinski definition) is 3. The SMILES string of the molecule is O=[SH](=O)Cc1ccc2nccc(Cl)c2c1. The van der Waals surface area contributed by atoms with Gasteiger partial charge in [0.05, 0.1) is 16.3 Å². The van der Waals surface area contributed by atoms with Gasteiger partial charge >= 0.3 is 0 Å². The Morgan fingerprint density at radius 2 is 2.07 bits per heavy atom. The van der Waals surface area contributed by atoms with Crippen molar-refractivity contribution in [2.24, 2.45) is 0 Å². The highest BCUT2D eigenvalue weighted by atomic mass is 35.5. The lowest BCUT2D eigenvalue weighted by Crippen LogP contribution is -1.88. The van der Waals surface area contributed by atoms with E-state index in [2.05, 4.69) is 4.98 Å². The highest BCUT2D eigenvalue weighted by molar-refractivity contribution is 7.71. The molecule has 2 aromatic rings. The smallest absolute Gasteiger partial charge is 0.144 e. The summed E-state index contributed by atoms with van der Waals surface area (Å²) in [6.07, 6.45) is 1.62. The molecule has 78 valence electrons. The highest BCUT2D eigenvalue weighted by Crippen LogP contribution is 2.22. The molecule has 0 aliphatic heterocycles. The maximum absolute atomic E-state index is 10.6. The average molecular weight is 242 g/mol. The number of rotatable bonds is 2. The summed E-state index contributed by atoms with van der Waals surface area (Å²) < 4.78 is 21.2. The molecule has 0 aliphatic carbocycles. The molecule has 1 heterocycles. The van der Waals surface area contributed by atoms with Crippen molar-refractivity contribution in [2.45, 2.75) is 5.75 Å². The van der Waals surface area contributed by atoms with Crippen LogP contribution in [0.3, 0.4) is 0 Å². The van der Waals surface area contributed by atoms with E-state index in [4.69, 9.17) is 11.6 Å². The van der Waals surface area contributed by atoms with Crippen LogP contribution in [0.2, 0.25) is 5.02 Å². The minimum absolute atomic E-state index is 0.0382. The molecule has 1 aromatic heterocycles. The van der Waals surface area contributed by atoms with Crippen LogP contribution in [0.1, 0.15) is 5.56 Å². The molecule has 0 bridgehead atoms. The number of benzene rings is 1. The molecule has 0 saturated heterocycles. The fourth-order valence-electron chi connectivity index (χ4n) is 1.41. The molecule has 3 nitrogen and oxygen atoms in total. The lowest BCUT2D eigenvalue weighted by Gasteiger charge is -2.01. The number of thiol groups is 1. The Hall–Kier alpha value is -1.13. The van der Waals surface area contributed by atoms with Crippen LogP contribution >= 0.6 is 11.6 Å². The van der Waals surface area contributed by atoms with E-state index >= 15 is 0 Å². The third-order valence-electron chi connectivity index (χ3n) is 2.06. The quantitative estimate of drug-likeness (QED) is 0.818. The van der Waals surface area contributed by atoms with Crippen molar-refractivity contribution in [1.29, 1.82) is 0 Å². The molecule has 1 aromatic carbocycles. The molecule has 0 spiro atoms. The van der Waals surface area contributed by atoms with Gasteiger partial charge in [-0.1, -0.05) is 17.7 Å². The summed E-state index contributed by atoms with van der Waals surface area (Å²) >= 11 is 5.97. The normalized spacial score (nSPS) is 11.1. The minimum atomic E-state index is -2.41. The van der Waals surface area contributed by atoms with Gasteiger partial charge < -0.3 is 0 Å². The molecule has 2 rings (SSSR count). The Labute approximate surface area is 93.7 Å². The van der Waals surface area contributed by atoms with E-state index in [-0.39, 0.29) is 5.75 Å². The Bertz CT molecular complexity index is 573. The summed E-state index contributed by atoms with van der Waals surface area (Å²) in [6, 6.07) is 6.97. The first-order valence-electron chi connectivity index (χ1n) is 4.32. The van der Waals surface area contributed by atoms with Gasteiger partial charge in [0.25, 0.3) is 0 Å². The molecule has 0 unspecified atom stereocenters. The Morgan fingerprint density at radius 3 is 2.80 bits per heavy atom. The summed E-state index contributed by atoms with van der Waals surface area (Å²) in [5.41, 5.74) is 1.50. The fraction of sp³-hybridized carbons (Fsp3) is 0.100. The molecule has 0 fully saturated rings. The third-order valence-corrected chi connectivity index (χ3v) is 3.02. The van der Waals surface area contributed by atoms with Gasteiger partial charge in [-0.2, -0.15) is 0 Å². The molecule has 0 radical (unpaired) electrons. The zero-order chi connectivity index (χ0) is 10.8. The first kappa shape index (κ1) is 10.4. The van der Waals surface area contributed by atoms with Crippen LogP contribution in [0.5, 0.6) is 0 Å². The predicted octanol–water partition coefficient (Wildman–Crippen LogP) is 2.00. The van der Waals surface area contributed by atoms with Crippen molar-refractivity contribution in [2.75, 3.05) is 0 Å². The van der Waals surface area contributed by atoms with Crippen molar-refractivity contribution in [3.05, 3.63) is 41.0 Å². The van der Waals surface area contributed by atoms with Gasteiger partial charge in [-0.05, 0) is 23.8 Å². The summed E-state index contributed by atoms with van der Waals surface area (Å²) in [7, 11) is -2.41. The number of halogens is 1. The lowest BCUT2D eigenvalue weighted by atomic mass is 10.1. The van der Waals surface area contributed by atoms with Crippen molar-refractivity contribution in [3.8, 4) is 0 Å². The van der Waals surface area contributed by atoms with E-state index < -0.39 is 10.7 Å². The Morgan fingerprint density at radius 1 is 1.27 bits per heavy atom. The number of fused-ring (bicyclic) bond motifs is 1. The summed E-state index contributed by atoms with van der Waals surface area (Å²) in [6.45, 7) is 0. The van der Waals surface area contributed by atoms with Gasteiger partial charge in [0.15, 0.2) is 0 Å². The molecule has 0 aliphatic rings. The maximum Gasteiger partial charge on any atom is 0.144 e. The molecule has 0 saturated carbocycles. The van der Waals surface area contributed by atoms with Crippen LogP contribution < -0.4 is 0 Å². The second-order valence-electron chi connectivity index (χ2n) is 3.14. The van der Waals surface area contributed by atoms with Gasteiger partial charge in [-0.15, -0.1) is 0 Å². The van der Waals surface area contributed by atoms with E-state index in [1.54, 1.807) is 30.5 Å². The van der Waals surface area contributed by atoms with Crippen LogP contribution in [0.4, 0.5) is 0 Å². The zero-order valence-electron chi connectivity index (χ0n) is 7.68. The molecular formula is C10H8ClNO2S. The molecule has 0 amide bonds. The minimum Gasteiger partial charge on any atom is -0.256 e. The van der Waals surface area contributed by atoms with E-state index in [9.17, 15) is 8.42 Å². The van der Waals surface area contributed by atoms with Crippen LogP contribution in [0.25, 0.3) is 10.9 Å². The van der Waals surface area contributed by atoms with Crippen molar-refractivity contribution >= 4 is 33.2 Å². The first-order valence-corrected chi connectivity index (χ1v) is 6.06. The summed E-state index contributed by atoms with van der Waals surface area (Å²) in [4.78, 5) is 4.13.